The number of anilines is 1. The van der Waals surface area contributed by atoms with Crippen LogP contribution in [0.4, 0.5) is 5.95 Å². The van der Waals surface area contributed by atoms with Crippen LogP contribution >= 0.6 is 15.9 Å². The number of nitrogens with zero attached hydrogens (tertiary/aromatic N) is 3. The Labute approximate surface area is 92.7 Å². The van der Waals surface area contributed by atoms with Gasteiger partial charge in [-0.1, -0.05) is 15.9 Å². The first-order valence-corrected chi connectivity index (χ1v) is 6.07. The Morgan fingerprint density at radius 1 is 1.43 bits per heavy atom. The zero-order valence-corrected chi connectivity index (χ0v) is 9.92. The molecule has 1 saturated heterocycles. The summed E-state index contributed by atoms with van der Waals surface area (Å²) < 4.78 is 0. The molecule has 0 saturated carbocycles. The molecule has 2 rings (SSSR count). The first-order valence-electron chi connectivity index (χ1n) is 4.94. The summed E-state index contributed by atoms with van der Waals surface area (Å²) in [7, 11) is 0. The van der Waals surface area contributed by atoms with Crippen LogP contribution in [0.5, 0.6) is 0 Å². The Morgan fingerprint density at radius 3 is 2.71 bits per heavy atom. The smallest absolute Gasteiger partial charge is 0.225 e. The molecule has 0 amide bonds. The minimum atomic E-state index is 0.832. The van der Waals surface area contributed by atoms with Gasteiger partial charge in [0.2, 0.25) is 5.95 Å². The van der Waals surface area contributed by atoms with E-state index in [9.17, 15) is 0 Å². The van der Waals surface area contributed by atoms with Crippen molar-refractivity contribution in [2.45, 2.75) is 25.1 Å². The summed E-state index contributed by atoms with van der Waals surface area (Å²) in [5.74, 6) is 0.893. The molecule has 2 heterocycles. The van der Waals surface area contributed by atoms with Crippen LogP contribution in [0.1, 0.15) is 24.1 Å². The average Bonchev–Trinajstić information content (AvgIpc) is 2.70. The van der Waals surface area contributed by atoms with E-state index >= 15 is 0 Å². The summed E-state index contributed by atoms with van der Waals surface area (Å²) in [5.41, 5.74) is 2.26. The standard InChI is InChI=1S/C10H14BrN3/c1-8-9(6-11)7-12-10(13-8)14-4-2-3-5-14/h7H,2-6H2,1H3. The van der Waals surface area contributed by atoms with E-state index < -0.39 is 0 Å². The predicted octanol–water partition coefficient (Wildman–Crippen LogP) is 2.28. The van der Waals surface area contributed by atoms with Gasteiger partial charge < -0.3 is 4.90 Å². The van der Waals surface area contributed by atoms with Crippen molar-refractivity contribution in [3.05, 3.63) is 17.5 Å². The predicted molar refractivity (Wildman–Crippen MR) is 60.8 cm³/mol. The van der Waals surface area contributed by atoms with Crippen LogP contribution in [0.15, 0.2) is 6.20 Å². The van der Waals surface area contributed by atoms with Gasteiger partial charge in [-0.15, -0.1) is 0 Å². The van der Waals surface area contributed by atoms with Crippen LogP contribution in [-0.2, 0) is 5.33 Å². The molecule has 14 heavy (non-hydrogen) atoms. The molecule has 76 valence electrons. The second-order valence-electron chi connectivity index (χ2n) is 3.61. The molecule has 1 aromatic heterocycles. The van der Waals surface area contributed by atoms with E-state index in [4.69, 9.17) is 0 Å². The molecule has 0 aliphatic carbocycles. The summed E-state index contributed by atoms with van der Waals surface area (Å²) in [6, 6.07) is 0. The Morgan fingerprint density at radius 2 is 2.14 bits per heavy atom. The first kappa shape index (κ1) is 9.90. The molecule has 1 aliphatic heterocycles. The van der Waals surface area contributed by atoms with Gasteiger partial charge in [0, 0.05) is 35.9 Å². The molecular formula is C10H14BrN3. The molecule has 0 bridgehead atoms. The summed E-state index contributed by atoms with van der Waals surface area (Å²) in [4.78, 5) is 11.1. The van der Waals surface area contributed by atoms with Gasteiger partial charge in [-0.2, -0.15) is 0 Å². The molecule has 3 nitrogen and oxygen atoms in total. The number of hydrogen-bond acceptors (Lipinski definition) is 3. The number of alkyl halides is 1. The second-order valence-corrected chi connectivity index (χ2v) is 4.17. The molecule has 0 aromatic carbocycles. The summed E-state index contributed by atoms with van der Waals surface area (Å²) >= 11 is 3.42. The normalized spacial score (nSPS) is 16.3. The zero-order chi connectivity index (χ0) is 9.97. The van der Waals surface area contributed by atoms with Gasteiger partial charge >= 0.3 is 0 Å². The van der Waals surface area contributed by atoms with Crippen molar-refractivity contribution >= 4 is 21.9 Å². The number of aromatic nitrogens is 2. The van der Waals surface area contributed by atoms with E-state index in [-0.39, 0.29) is 0 Å². The van der Waals surface area contributed by atoms with Crippen LogP contribution in [-0.4, -0.2) is 23.1 Å². The van der Waals surface area contributed by atoms with Crippen molar-refractivity contribution in [2.24, 2.45) is 0 Å². The van der Waals surface area contributed by atoms with Crippen LogP contribution in [0, 0.1) is 6.92 Å². The van der Waals surface area contributed by atoms with Gasteiger partial charge in [-0.25, -0.2) is 9.97 Å². The van der Waals surface area contributed by atoms with Gasteiger partial charge in [0.25, 0.3) is 0 Å². The lowest BCUT2D eigenvalue weighted by atomic mass is 10.3. The van der Waals surface area contributed by atoms with Crippen LogP contribution in [0.3, 0.4) is 0 Å². The molecular weight excluding hydrogens is 242 g/mol. The Bertz CT molecular complexity index is 321. The third-order valence-electron chi connectivity index (χ3n) is 2.60. The van der Waals surface area contributed by atoms with E-state index in [0.29, 0.717) is 0 Å². The Kier molecular flexibility index (Phi) is 3.01. The maximum absolute atomic E-state index is 4.51. The fourth-order valence-electron chi connectivity index (χ4n) is 1.68. The lowest BCUT2D eigenvalue weighted by Gasteiger charge is -2.15. The molecule has 0 unspecified atom stereocenters. The molecule has 1 fully saturated rings. The fraction of sp³-hybridized carbons (Fsp3) is 0.600. The van der Waals surface area contributed by atoms with Crippen LogP contribution < -0.4 is 4.90 Å². The van der Waals surface area contributed by atoms with Gasteiger partial charge in [0.1, 0.15) is 0 Å². The molecule has 0 N–H and O–H groups in total. The Hall–Kier alpha value is -0.640. The average molecular weight is 256 g/mol. The fourth-order valence-corrected chi connectivity index (χ4v) is 2.23. The number of hydrogen-bond donors (Lipinski definition) is 0. The van der Waals surface area contributed by atoms with Crippen molar-refractivity contribution in [1.82, 2.24) is 9.97 Å². The Balaban J connectivity index is 2.23. The highest BCUT2D eigenvalue weighted by molar-refractivity contribution is 9.08. The van der Waals surface area contributed by atoms with Crippen molar-refractivity contribution in [3.63, 3.8) is 0 Å². The van der Waals surface area contributed by atoms with Crippen molar-refractivity contribution in [3.8, 4) is 0 Å². The van der Waals surface area contributed by atoms with Crippen molar-refractivity contribution < 1.29 is 0 Å². The summed E-state index contributed by atoms with van der Waals surface area (Å²) in [6.45, 7) is 4.25. The van der Waals surface area contributed by atoms with Gasteiger partial charge in [0.15, 0.2) is 0 Å². The third-order valence-corrected chi connectivity index (χ3v) is 3.21. The molecule has 0 radical (unpaired) electrons. The maximum Gasteiger partial charge on any atom is 0.225 e. The highest BCUT2D eigenvalue weighted by atomic mass is 79.9. The first-order chi connectivity index (χ1) is 6.81. The molecule has 0 atom stereocenters. The largest absolute Gasteiger partial charge is 0.341 e. The van der Waals surface area contributed by atoms with E-state index in [0.717, 1.165) is 30.1 Å². The second kappa shape index (κ2) is 4.26. The van der Waals surface area contributed by atoms with Crippen molar-refractivity contribution in [2.75, 3.05) is 18.0 Å². The molecule has 4 heteroatoms. The highest BCUT2D eigenvalue weighted by Crippen LogP contribution is 2.17. The maximum atomic E-state index is 4.51. The van der Waals surface area contributed by atoms with Gasteiger partial charge in [-0.05, 0) is 19.8 Å². The topological polar surface area (TPSA) is 29.0 Å². The van der Waals surface area contributed by atoms with Crippen molar-refractivity contribution in [1.29, 1.82) is 0 Å². The molecule has 1 aliphatic rings. The number of rotatable bonds is 2. The van der Waals surface area contributed by atoms with E-state index in [1.165, 1.54) is 18.4 Å². The molecule has 1 aromatic rings. The number of halogens is 1. The van der Waals surface area contributed by atoms with E-state index in [1.807, 2.05) is 13.1 Å². The lowest BCUT2D eigenvalue weighted by Crippen LogP contribution is -2.20. The zero-order valence-electron chi connectivity index (χ0n) is 8.33. The van der Waals surface area contributed by atoms with E-state index in [1.54, 1.807) is 0 Å². The monoisotopic (exact) mass is 255 g/mol. The SMILES string of the molecule is Cc1nc(N2CCCC2)ncc1CBr. The number of aryl methyl sites for hydroxylation is 1. The van der Waals surface area contributed by atoms with Crippen LogP contribution in [0.25, 0.3) is 0 Å². The third kappa shape index (κ3) is 1.90. The minimum absolute atomic E-state index is 0.832. The quantitative estimate of drug-likeness (QED) is 0.760. The molecule has 0 spiro atoms. The van der Waals surface area contributed by atoms with Gasteiger partial charge in [0.05, 0.1) is 0 Å². The van der Waals surface area contributed by atoms with E-state index in [2.05, 4.69) is 30.8 Å². The van der Waals surface area contributed by atoms with Gasteiger partial charge in [-0.3, -0.25) is 0 Å². The summed E-state index contributed by atoms with van der Waals surface area (Å²) in [5, 5.41) is 0.832. The lowest BCUT2D eigenvalue weighted by molar-refractivity contribution is 0.882. The minimum Gasteiger partial charge on any atom is -0.341 e. The van der Waals surface area contributed by atoms with Crippen LogP contribution in [0.2, 0.25) is 0 Å². The highest BCUT2D eigenvalue weighted by Gasteiger charge is 2.15. The summed E-state index contributed by atoms with van der Waals surface area (Å²) in [6.07, 6.45) is 4.45.